The minimum Gasteiger partial charge on any atom is -0.392 e. The van der Waals surface area contributed by atoms with E-state index in [4.69, 9.17) is 0 Å². The molecule has 1 rings (SSSR count). The molecule has 3 heteroatoms. The lowest BCUT2D eigenvalue weighted by Gasteiger charge is -2.41. The van der Waals surface area contributed by atoms with Crippen LogP contribution in [0.15, 0.2) is 0 Å². The first-order valence-electron chi connectivity index (χ1n) is 7.50. The van der Waals surface area contributed by atoms with Gasteiger partial charge in [-0.1, -0.05) is 27.7 Å². The van der Waals surface area contributed by atoms with E-state index in [0.717, 1.165) is 32.6 Å². The third-order valence-corrected chi connectivity index (χ3v) is 4.51. The van der Waals surface area contributed by atoms with Crippen molar-refractivity contribution < 1.29 is 5.11 Å². The molecule has 3 unspecified atom stereocenters. The lowest BCUT2D eigenvalue weighted by molar-refractivity contribution is 0.00989. The van der Waals surface area contributed by atoms with E-state index < -0.39 is 0 Å². The molecule has 1 aliphatic heterocycles. The Morgan fingerprint density at radius 2 is 2.11 bits per heavy atom. The van der Waals surface area contributed by atoms with Gasteiger partial charge in [0.1, 0.15) is 0 Å². The van der Waals surface area contributed by atoms with Crippen molar-refractivity contribution in [3.8, 4) is 0 Å². The molecule has 1 aliphatic rings. The van der Waals surface area contributed by atoms with Crippen LogP contribution in [0.2, 0.25) is 0 Å². The molecular formula is C15H32N2O. The summed E-state index contributed by atoms with van der Waals surface area (Å²) in [5.74, 6) is 0.458. The Kier molecular flexibility index (Phi) is 6.09. The summed E-state index contributed by atoms with van der Waals surface area (Å²) in [5.41, 5.74) is 0.246. The van der Waals surface area contributed by atoms with Crippen LogP contribution in [0.4, 0.5) is 0 Å². The highest BCUT2D eigenvalue weighted by Crippen LogP contribution is 2.25. The number of hydrogen-bond donors (Lipinski definition) is 2. The summed E-state index contributed by atoms with van der Waals surface area (Å²) in [6.45, 7) is 15.4. The van der Waals surface area contributed by atoms with Crippen molar-refractivity contribution in [3.63, 3.8) is 0 Å². The molecule has 2 N–H and O–H groups in total. The van der Waals surface area contributed by atoms with Gasteiger partial charge in [0, 0.05) is 19.1 Å². The van der Waals surface area contributed by atoms with Crippen LogP contribution in [0.25, 0.3) is 0 Å². The maximum absolute atomic E-state index is 9.97. The van der Waals surface area contributed by atoms with Gasteiger partial charge in [0.25, 0.3) is 0 Å². The van der Waals surface area contributed by atoms with E-state index in [1.54, 1.807) is 0 Å². The molecule has 0 radical (unpaired) electrons. The van der Waals surface area contributed by atoms with E-state index in [-0.39, 0.29) is 11.5 Å². The molecule has 0 aromatic heterocycles. The summed E-state index contributed by atoms with van der Waals surface area (Å²) in [6, 6.07) is 0.508. The van der Waals surface area contributed by atoms with Crippen LogP contribution in [0.1, 0.15) is 47.5 Å². The van der Waals surface area contributed by atoms with Crippen molar-refractivity contribution in [2.24, 2.45) is 11.3 Å². The lowest BCUT2D eigenvalue weighted by atomic mass is 9.83. The van der Waals surface area contributed by atoms with Crippen LogP contribution >= 0.6 is 0 Å². The van der Waals surface area contributed by atoms with Crippen molar-refractivity contribution in [1.29, 1.82) is 0 Å². The highest BCUT2D eigenvalue weighted by atomic mass is 16.3. The second-order valence-corrected chi connectivity index (χ2v) is 6.73. The normalized spacial score (nSPS) is 28.3. The number of β-amino-alcohol motifs (C(OH)–C–C–N with tert-alkyl or cyclic N) is 1. The molecule has 1 heterocycles. The summed E-state index contributed by atoms with van der Waals surface area (Å²) in [4.78, 5) is 2.43. The first kappa shape index (κ1) is 15.9. The van der Waals surface area contributed by atoms with Gasteiger partial charge in [-0.3, -0.25) is 0 Å². The van der Waals surface area contributed by atoms with E-state index >= 15 is 0 Å². The number of aliphatic hydroxyl groups is 1. The molecule has 108 valence electrons. The third-order valence-electron chi connectivity index (χ3n) is 4.51. The summed E-state index contributed by atoms with van der Waals surface area (Å²) in [5, 5.41) is 13.6. The molecule has 1 fully saturated rings. The first-order chi connectivity index (χ1) is 8.36. The molecular weight excluding hydrogens is 224 g/mol. The number of likely N-dealkylation sites (tertiary alicyclic amines) is 1. The quantitative estimate of drug-likeness (QED) is 0.764. The van der Waals surface area contributed by atoms with Crippen LogP contribution in [0, 0.1) is 11.3 Å². The van der Waals surface area contributed by atoms with Crippen LogP contribution < -0.4 is 5.32 Å². The van der Waals surface area contributed by atoms with Gasteiger partial charge in [-0.15, -0.1) is 0 Å². The van der Waals surface area contributed by atoms with Gasteiger partial charge < -0.3 is 15.3 Å². The van der Waals surface area contributed by atoms with Crippen LogP contribution in [-0.2, 0) is 0 Å². The third kappa shape index (κ3) is 4.52. The second kappa shape index (κ2) is 6.88. The molecule has 0 aromatic carbocycles. The smallest absolute Gasteiger partial charge is 0.0693 e. The van der Waals surface area contributed by atoms with Gasteiger partial charge in [0.2, 0.25) is 0 Å². The topological polar surface area (TPSA) is 35.5 Å². The van der Waals surface area contributed by atoms with Gasteiger partial charge >= 0.3 is 0 Å². The van der Waals surface area contributed by atoms with E-state index in [1.165, 1.54) is 6.42 Å². The Balaban J connectivity index is 2.44. The fourth-order valence-electron chi connectivity index (χ4n) is 2.61. The predicted molar refractivity (Wildman–Crippen MR) is 77.8 cm³/mol. The number of hydrogen-bond acceptors (Lipinski definition) is 3. The molecule has 0 spiro atoms. The number of nitrogens with zero attached hydrogens (tertiary/aromatic N) is 1. The summed E-state index contributed by atoms with van der Waals surface area (Å²) in [7, 11) is 0. The number of nitrogens with one attached hydrogen (secondary N) is 1. The van der Waals surface area contributed by atoms with Crippen molar-refractivity contribution in [3.05, 3.63) is 0 Å². The maximum Gasteiger partial charge on any atom is 0.0693 e. The molecule has 0 amide bonds. The Hall–Kier alpha value is -0.120. The number of rotatable bonds is 6. The minimum absolute atomic E-state index is 0.145. The molecule has 0 bridgehead atoms. The fraction of sp³-hybridized carbons (Fsp3) is 1.00. The number of piperidine rings is 1. The van der Waals surface area contributed by atoms with Crippen molar-refractivity contribution in [2.45, 2.75) is 59.6 Å². The zero-order valence-corrected chi connectivity index (χ0v) is 12.9. The second-order valence-electron chi connectivity index (χ2n) is 6.73. The molecule has 0 aromatic rings. The average molecular weight is 256 g/mol. The zero-order chi connectivity index (χ0) is 13.8. The highest BCUT2D eigenvalue weighted by molar-refractivity contribution is 4.87. The molecule has 0 aliphatic carbocycles. The van der Waals surface area contributed by atoms with Crippen molar-refractivity contribution in [1.82, 2.24) is 10.2 Å². The van der Waals surface area contributed by atoms with E-state index in [0.29, 0.717) is 12.0 Å². The average Bonchev–Trinajstić information content (AvgIpc) is 2.30. The van der Waals surface area contributed by atoms with Gasteiger partial charge in [0.05, 0.1) is 6.10 Å². The monoisotopic (exact) mass is 256 g/mol. The van der Waals surface area contributed by atoms with Crippen LogP contribution in [0.3, 0.4) is 0 Å². The van der Waals surface area contributed by atoms with Crippen molar-refractivity contribution in [2.75, 3.05) is 26.2 Å². The summed E-state index contributed by atoms with van der Waals surface area (Å²) < 4.78 is 0. The molecule has 1 saturated heterocycles. The van der Waals surface area contributed by atoms with Gasteiger partial charge in [0.15, 0.2) is 0 Å². The van der Waals surface area contributed by atoms with Crippen molar-refractivity contribution >= 4 is 0 Å². The Morgan fingerprint density at radius 1 is 1.44 bits per heavy atom. The minimum atomic E-state index is -0.145. The SMILES string of the molecule is CCCNC(C)C(C)(C)CN1CCC(C)C(O)C1. The first-order valence-corrected chi connectivity index (χ1v) is 7.50. The lowest BCUT2D eigenvalue weighted by Crippen LogP contribution is -2.51. The van der Waals surface area contributed by atoms with E-state index in [9.17, 15) is 5.11 Å². The molecule has 3 nitrogen and oxygen atoms in total. The molecule has 18 heavy (non-hydrogen) atoms. The van der Waals surface area contributed by atoms with E-state index in [2.05, 4.69) is 44.8 Å². The maximum atomic E-state index is 9.97. The fourth-order valence-corrected chi connectivity index (χ4v) is 2.61. The predicted octanol–water partition coefficient (Wildman–Crippen LogP) is 2.10. The zero-order valence-electron chi connectivity index (χ0n) is 12.9. The summed E-state index contributed by atoms with van der Waals surface area (Å²) in [6.07, 6.45) is 2.16. The van der Waals surface area contributed by atoms with Gasteiger partial charge in [-0.2, -0.15) is 0 Å². The highest BCUT2D eigenvalue weighted by Gasteiger charge is 2.31. The van der Waals surface area contributed by atoms with Crippen LogP contribution in [0.5, 0.6) is 0 Å². The standard InChI is InChI=1S/C15H32N2O/c1-6-8-16-13(3)15(4,5)11-17-9-7-12(2)14(18)10-17/h12-14,16,18H,6-11H2,1-5H3. The molecule has 0 saturated carbocycles. The summed E-state index contributed by atoms with van der Waals surface area (Å²) >= 11 is 0. The van der Waals surface area contributed by atoms with Gasteiger partial charge in [-0.25, -0.2) is 0 Å². The van der Waals surface area contributed by atoms with Crippen LogP contribution in [-0.4, -0.2) is 48.3 Å². The Bertz CT molecular complexity index is 243. The Morgan fingerprint density at radius 3 is 2.67 bits per heavy atom. The van der Waals surface area contributed by atoms with Gasteiger partial charge in [-0.05, 0) is 44.2 Å². The number of aliphatic hydroxyl groups excluding tert-OH is 1. The van der Waals surface area contributed by atoms with E-state index in [1.807, 2.05) is 0 Å². The molecule has 3 atom stereocenters. The largest absolute Gasteiger partial charge is 0.392 e. The Labute approximate surface area is 113 Å².